The molecule has 1 aromatic heterocycles. The number of imidazole rings is 1. The number of carbonyl (C=O) groups excluding carboxylic acids is 1. The molecule has 2 N–H and O–H groups in total. The van der Waals surface area contributed by atoms with Gasteiger partial charge in [0.05, 0.1) is 24.0 Å². The standard InChI is InChI=1S/C28H41N5O4/c1-19(17-24(21-9-7-6-8-10-21)30-26(34)37-28(3,4)5)31-14-11-22(12-15-31)33-20(2)29-23-13-16-32(27(35)36)18-25(23)33/h6-10,19,22,24H,11-18H2,1-5H3,(H,30,34)(H,35,36)/t19?,24-/m0/s1. The Balaban J connectivity index is 1.40. The summed E-state index contributed by atoms with van der Waals surface area (Å²) >= 11 is 0. The molecular formula is C28H41N5O4. The van der Waals surface area contributed by atoms with Gasteiger partial charge in [-0.05, 0) is 59.4 Å². The first kappa shape index (κ1) is 27.0. The summed E-state index contributed by atoms with van der Waals surface area (Å²) in [5.74, 6) is 0.981. The number of carbonyl (C=O) groups is 2. The molecule has 1 aromatic carbocycles. The van der Waals surface area contributed by atoms with Crippen molar-refractivity contribution in [3.63, 3.8) is 0 Å². The topological polar surface area (TPSA) is 99.9 Å². The fourth-order valence-corrected chi connectivity index (χ4v) is 5.65. The monoisotopic (exact) mass is 511 g/mol. The molecule has 0 bridgehead atoms. The molecule has 2 atom stereocenters. The van der Waals surface area contributed by atoms with Gasteiger partial charge in [-0.2, -0.15) is 0 Å². The Hall–Kier alpha value is -3.07. The van der Waals surface area contributed by atoms with Crippen molar-refractivity contribution in [3.05, 3.63) is 53.1 Å². The van der Waals surface area contributed by atoms with Crippen molar-refractivity contribution in [2.24, 2.45) is 0 Å². The summed E-state index contributed by atoms with van der Waals surface area (Å²) < 4.78 is 7.83. The molecule has 2 amide bonds. The van der Waals surface area contributed by atoms with Crippen LogP contribution in [0.2, 0.25) is 0 Å². The van der Waals surface area contributed by atoms with E-state index in [2.05, 4.69) is 21.7 Å². The number of hydrogen-bond donors (Lipinski definition) is 2. The van der Waals surface area contributed by atoms with E-state index in [1.807, 2.05) is 58.0 Å². The molecule has 4 rings (SSSR count). The minimum Gasteiger partial charge on any atom is -0.465 e. The van der Waals surface area contributed by atoms with Crippen molar-refractivity contribution in [2.45, 2.75) is 90.6 Å². The quantitative estimate of drug-likeness (QED) is 0.572. The molecule has 202 valence electrons. The molecule has 0 radical (unpaired) electrons. The maximum Gasteiger partial charge on any atom is 0.408 e. The number of rotatable bonds is 6. The van der Waals surface area contributed by atoms with Crippen molar-refractivity contribution in [2.75, 3.05) is 19.6 Å². The first-order chi connectivity index (χ1) is 17.5. The molecule has 9 nitrogen and oxygen atoms in total. The fourth-order valence-electron chi connectivity index (χ4n) is 5.65. The maximum atomic E-state index is 12.6. The zero-order chi connectivity index (χ0) is 26.7. The lowest BCUT2D eigenvalue weighted by molar-refractivity contribution is 0.0486. The lowest BCUT2D eigenvalue weighted by atomic mass is 9.96. The second-order valence-electron chi connectivity index (χ2n) is 11.3. The molecule has 0 saturated carbocycles. The highest BCUT2D eigenvalue weighted by Gasteiger charge is 2.32. The molecule has 1 fully saturated rings. The molecule has 1 saturated heterocycles. The number of aromatic nitrogens is 2. The number of nitrogens with one attached hydrogen (secondary N) is 1. The molecule has 0 spiro atoms. The smallest absolute Gasteiger partial charge is 0.408 e. The number of ether oxygens (including phenoxy) is 1. The summed E-state index contributed by atoms with van der Waals surface area (Å²) in [6.07, 6.45) is 2.15. The van der Waals surface area contributed by atoms with Crippen LogP contribution < -0.4 is 5.32 Å². The molecule has 3 heterocycles. The summed E-state index contributed by atoms with van der Waals surface area (Å²) in [5, 5.41) is 12.6. The van der Waals surface area contributed by atoms with Gasteiger partial charge in [0.1, 0.15) is 11.4 Å². The molecule has 2 aromatic rings. The number of benzene rings is 1. The highest BCUT2D eigenvalue weighted by Crippen LogP contribution is 2.32. The Morgan fingerprint density at radius 1 is 1.16 bits per heavy atom. The highest BCUT2D eigenvalue weighted by molar-refractivity contribution is 5.68. The lowest BCUT2D eigenvalue weighted by Crippen LogP contribution is -2.44. The van der Waals surface area contributed by atoms with E-state index in [9.17, 15) is 14.7 Å². The maximum absolute atomic E-state index is 12.6. The zero-order valence-corrected chi connectivity index (χ0v) is 22.7. The summed E-state index contributed by atoms with van der Waals surface area (Å²) in [6, 6.07) is 10.5. The summed E-state index contributed by atoms with van der Waals surface area (Å²) in [6.45, 7) is 12.7. The van der Waals surface area contributed by atoms with E-state index in [0.29, 0.717) is 25.6 Å². The number of aryl methyl sites for hydroxylation is 1. The van der Waals surface area contributed by atoms with E-state index in [0.717, 1.165) is 55.1 Å². The molecule has 37 heavy (non-hydrogen) atoms. The second-order valence-corrected chi connectivity index (χ2v) is 11.3. The van der Waals surface area contributed by atoms with Gasteiger partial charge < -0.3 is 29.5 Å². The van der Waals surface area contributed by atoms with Crippen molar-refractivity contribution < 1.29 is 19.4 Å². The number of nitrogens with zero attached hydrogens (tertiary/aromatic N) is 4. The summed E-state index contributed by atoms with van der Waals surface area (Å²) in [7, 11) is 0. The third-order valence-electron chi connectivity index (χ3n) is 7.46. The number of alkyl carbamates (subject to hydrolysis) is 1. The number of hydrogen-bond acceptors (Lipinski definition) is 5. The van der Waals surface area contributed by atoms with Crippen molar-refractivity contribution in [3.8, 4) is 0 Å². The van der Waals surface area contributed by atoms with Crippen LogP contribution in [0.4, 0.5) is 9.59 Å². The van der Waals surface area contributed by atoms with Crippen LogP contribution in [0.15, 0.2) is 30.3 Å². The lowest BCUT2D eigenvalue weighted by Gasteiger charge is -2.39. The van der Waals surface area contributed by atoms with Gasteiger partial charge in [0.15, 0.2) is 0 Å². The van der Waals surface area contributed by atoms with E-state index < -0.39 is 17.8 Å². The van der Waals surface area contributed by atoms with Crippen molar-refractivity contribution >= 4 is 12.2 Å². The Morgan fingerprint density at radius 3 is 2.46 bits per heavy atom. The van der Waals surface area contributed by atoms with Crippen molar-refractivity contribution in [1.82, 2.24) is 24.7 Å². The summed E-state index contributed by atoms with van der Waals surface area (Å²) in [4.78, 5) is 32.9. The zero-order valence-electron chi connectivity index (χ0n) is 22.7. The molecule has 1 unspecified atom stereocenters. The number of likely N-dealkylation sites (tertiary alicyclic amines) is 1. The molecule has 9 heteroatoms. The van der Waals surface area contributed by atoms with Crippen LogP contribution in [0.5, 0.6) is 0 Å². The Bertz CT molecular complexity index is 1090. The minimum absolute atomic E-state index is 0.145. The first-order valence-electron chi connectivity index (χ1n) is 13.3. The van der Waals surface area contributed by atoms with Gasteiger partial charge in [-0.3, -0.25) is 0 Å². The third kappa shape index (κ3) is 6.63. The Kier molecular flexibility index (Phi) is 8.11. The van der Waals surface area contributed by atoms with Gasteiger partial charge in [0.2, 0.25) is 0 Å². The normalized spacial score (nSPS) is 18.7. The highest BCUT2D eigenvalue weighted by atomic mass is 16.6. The van der Waals surface area contributed by atoms with E-state index in [1.165, 1.54) is 4.90 Å². The second kappa shape index (κ2) is 11.1. The van der Waals surface area contributed by atoms with Crippen molar-refractivity contribution in [1.29, 1.82) is 0 Å². The molecular weight excluding hydrogens is 470 g/mol. The predicted octanol–water partition coefficient (Wildman–Crippen LogP) is 4.91. The molecule has 2 aliphatic heterocycles. The summed E-state index contributed by atoms with van der Waals surface area (Å²) in [5.41, 5.74) is 2.62. The average Bonchev–Trinajstić information content (AvgIpc) is 3.17. The van der Waals surface area contributed by atoms with Crippen LogP contribution in [0, 0.1) is 6.92 Å². The van der Waals surface area contributed by atoms with Gasteiger partial charge in [-0.25, -0.2) is 14.6 Å². The molecule has 2 aliphatic rings. The SMILES string of the molecule is Cc1nc2c(n1C1CCN(C(C)C[C@H](NC(=O)OC(C)(C)C)c3ccccc3)CC1)CN(C(=O)O)CC2. The largest absolute Gasteiger partial charge is 0.465 e. The third-order valence-corrected chi connectivity index (χ3v) is 7.46. The van der Waals surface area contributed by atoms with E-state index >= 15 is 0 Å². The van der Waals surface area contributed by atoms with Gasteiger partial charge in [0, 0.05) is 38.1 Å². The van der Waals surface area contributed by atoms with E-state index in [-0.39, 0.29) is 12.1 Å². The van der Waals surface area contributed by atoms with E-state index in [4.69, 9.17) is 9.72 Å². The Labute approximate surface area is 219 Å². The van der Waals surface area contributed by atoms with Gasteiger partial charge >= 0.3 is 12.2 Å². The van der Waals surface area contributed by atoms with Gasteiger partial charge in [-0.1, -0.05) is 30.3 Å². The number of carboxylic acid groups (broad SMARTS) is 1. The van der Waals surface area contributed by atoms with Crippen LogP contribution in [-0.2, 0) is 17.7 Å². The predicted molar refractivity (Wildman–Crippen MR) is 142 cm³/mol. The van der Waals surface area contributed by atoms with Crippen LogP contribution in [0.25, 0.3) is 0 Å². The molecule has 0 aliphatic carbocycles. The minimum atomic E-state index is -0.868. The number of amides is 2. The Morgan fingerprint density at radius 2 is 1.84 bits per heavy atom. The van der Waals surface area contributed by atoms with Crippen LogP contribution in [-0.4, -0.2) is 67.9 Å². The van der Waals surface area contributed by atoms with Crippen LogP contribution in [0.1, 0.15) is 81.8 Å². The number of piperidine rings is 1. The fraction of sp³-hybridized carbons (Fsp3) is 0.607. The van der Waals surface area contributed by atoms with Gasteiger partial charge in [0.25, 0.3) is 0 Å². The van der Waals surface area contributed by atoms with Crippen LogP contribution in [0.3, 0.4) is 0 Å². The first-order valence-corrected chi connectivity index (χ1v) is 13.3. The number of fused-ring (bicyclic) bond motifs is 1. The van der Waals surface area contributed by atoms with E-state index in [1.54, 1.807) is 0 Å². The average molecular weight is 512 g/mol. The van der Waals surface area contributed by atoms with Gasteiger partial charge in [-0.15, -0.1) is 0 Å². The van der Waals surface area contributed by atoms with Crippen LogP contribution >= 0.6 is 0 Å².